The van der Waals surface area contributed by atoms with E-state index in [1.165, 1.54) is 4.88 Å². The lowest BCUT2D eigenvalue weighted by Gasteiger charge is -2.07. The van der Waals surface area contributed by atoms with Crippen LogP contribution in [0.15, 0.2) is 28.2 Å². The number of aromatic nitrogens is 2. The minimum Gasteiger partial charge on any atom is -0.369 e. The molecule has 0 amide bonds. The van der Waals surface area contributed by atoms with E-state index in [1.807, 2.05) is 6.20 Å². The maximum atomic E-state index is 4.52. The summed E-state index contributed by atoms with van der Waals surface area (Å²) in [4.78, 5) is 10.1. The minimum atomic E-state index is 0.797. The van der Waals surface area contributed by atoms with Crippen molar-refractivity contribution in [3.05, 3.63) is 38.9 Å². The predicted molar refractivity (Wildman–Crippen MR) is 75.6 cm³/mol. The van der Waals surface area contributed by atoms with E-state index in [9.17, 15) is 0 Å². The summed E-state index contributed by atoms with van der Waals surface area (Å²) < 4.78 is 0.917. The van der Waals surface area contributed by atoms with E-state index in [4.69, 9.17) is 0 Å². The summed E-state index contributed by atoms with van der Waals surface area (Å²) in [7, 11) is 0. The van der Waals surface area contributed by atoms with Crippen LogP contribution >= 0.6 is 27.3 Å². The van der Waals surface area contributed by atoms with Gasteiger partial charge < -0.3 is 5.32 Å². The van der Waals surface area contributed by atoms with Gasteiger partial charge in [-0.15, -0.1) is 11.3 Å². The van der Waals surface area contributed by atoms with Crippen LogP contribution in [0, 0.1) is 0 Å². The van der Waals surface area contributed by atoms with Crippen molar-refractivity contribution < 1.29 is 0 Å². The maximum absolute atomic E-state index is 4.52. The molecule has 0 unspecified atom stereocenters. The number of halogens is 1. The van der Waals surface area contributed by atoms with Gasteiger partial charge in [-0.25, -0.2) is 9.97 Å². The highest BCUT2D eigenvalue weighted by atomic mass is 79.9. The number of nitrogens with zero attached hydrogens (tertiary/aromatic N) is 2. The van der Waals surface area contributed by atoms with Gasteiger partial charge in [0.15, 0.2) is 0 Å². The van der Waals surface area contributed by atoms with Gasteiger partial charge in [-0.3, -0.25) is 0 Å². The summed E-state index contributed by atoms with van der Waals surface area (Å²) in [5.41, 5.74) is 0. The summed E-state index contributed by atoms with van der Waals surface area (Å²) in [5, 5.41) is 5.36. The Morgan fingerprint density at radius 1 is 1.47 bits per heavy atom. The van der Waals surface area contributed by atoms with Crippen molar-refractivity contribution in [2.75, 3.05) is 11.9 Å². The summed E-state index contributed by atoms with van der Waals surface area (Å²) >= 11 is 5.19. The Hall–Kier alpha value is -0.940. The van der Waals surface area contributed by atoms with Gasteiger partial charge in [0.25, 0.3) is 0 Å². The van der Waals surface area contributed by atoms with E-state index in [-0.39, 0.29) is 0 Å². The van der Waals surface area contributed by atoms with E-state index in [0.29, 0.717) is 0 Å². The third kappa shape index (κ3) is 3.51. The normalized spacial score (nSPS) is 10.5. The third-order valence-corrected chi connectivity index (χ3v) is 3.71. The van der Waals surface area contributed by atoms with Crippen molar-refractivity contribution in [2.24, 2.45) is 0 Å². The van der Waals surface area contributed by atoms with Crippen LogP contribution in [-0.4, -0.2) is 16.5 Å². The number of hydrogen-bond donors (Lipinski definition) is 1. The van der Waals surface area contributed by atoms with Crippen LogP contribution in [0.2, 0.25) is 0 Å². The van der Waals surface area contributed by atoms with E-state index in [1.54, 1.807) is 11.3 Å². The highest BCUT2D eigenvalue weighted by Gasteiger charge is 2.05. The van der Waals surface area contributed by atoms with Crippen molar-refractivity contribution in [1.29, 1.82) is 0 Å². The van der Waals surface area contributed by atoms with Gasteiger partial charge in [0.05, 0.1) is 4.47 Å². The molecule has 0 atom stereocenters. The van der Waals surface area contributed by atoms with Crippen LogP contribution in [0.5, 0.6) is 0 Å². The molecule has 5 heteroatoms. The van der Waals surface area contributed by atoms with Crippen LogP contribution in [0.4, 0.5) is 5.82 Å². The summed E-state index contributed by atoms with van der Waals surface area (Å²) in [6.45, 7) is 3.06. The van der Waals surface area contributed by atoms with Crippen LogP contribution in [0.25, 0.3) is 0 Å². The quantitative estimate of drug-likeness (QED) is 0.914. The highest BCUT2D eigenvalue weighted by Crippen LogP contribution is 2.20. The molecule has 2 aromatic heterocycles. The molecule has 0 aliphatic carbocycles. The fraction of sp³-hybridized carbons (Fsp3) is 0.333. The van der Waals surface area contributed by atoms with Crippen molar-refractivity contribution in [3.63, 3.8) is 0 Å². The second kappa shape index (κ2) is 6.12. The molecular formula is C12H14BrN3S. The molecule has 3 nitrogen and oxygen atoms in total. The molecule has 0 radical (unpaired) electrons. The Morgan fingerprint density at radius 2 is 2.35 bits per heavy atom. The molecule has 0 spiro atoms. The number of anilines is 1. The lowest BCUT2D eigenvalue weighted by atomic mass is 10.3. The number of thiophene rings is 1. The van der Waals surface area contributed by atoms with Crippen LogP contribution < -0.4 is 5.32 Å². The number of hydrogen-bond acceptors (Lipinski definition) is 4. The van der Waals surface area contributed by atoms with Crippen molar-refractivity contribution in [3.8, 4) is 0 Å². The molecule has 2 heterocycles. The molecule has 0 bridgehead atoms. The molecule has 2 rings (SSSR count). The Labute approximate surface area is 113 Å². The summed E-state index contributed by atoms with van der Waals surface area (Å²) in [6.07, 6.45) is 3.69. The topological polar surface area (TPSA) is 37.8 Å². The molecule has 0 aliphatic heterocycles. The molecule has 2 aromatic rings. The van der Waals surface area contributed by atoms with Gasteiger partial charge in [0.1, 0.15) is 11.6 Å². The fourth-order valence-electron chi connectivity index (χ4n) is 1.43. The average molecular weight is 312 g/mol. The van der Waals surface area contributed by atoms with Gasteiger partial charge in [0.2, 0.25) is 0 Å². The van der Waals surface area contributed by atoms with Gasteiger partial charge in [-0.2, -0.15) is 0 Å². The largest absolute Gasteiger partial charge is 0.369 e. The van der Waals surface area contributed by atoms with Gasteiger partial charge in [-0.05, 0) is 33.8 Å². The fourth-order valence-corrected chi connectivity index (χ4v) is 2.46. The molecule has 17 heavy (non-hydrogen) atoms. The van der Waals surface area contributed by atoms with Crippen LogP contribution in [-0.2, 0) is 6.42 Å². The zero-order valence-electron chi connectivity index (χ0n) is 9.61. The molecule has 0 aromatic carbocycles. The van der Waals surface area contributed by atoms with Crippen LogP contribution in [0.3, 0.4) is 0 Å². The van der Waals surface area contributed by atoms with E-state index < -0.39 is 0 Å². The van der Waals surface area contributed by atoms with E-state index >= 15 is 0 Å². The minimum absolute atomic E-state index is 0.797. The molecule has 0 saturated heterocycles. The molecule has 0 aliphatic rings. The zero-order chi connectivity index (χ0) is 12.1. The molecule has 90 valence electrons. The molecule has 0 fully saturated rings. The van der Waals surface area contributed by atoms with Crippen LogP contribution in [0.1, 0.15) is 24.0 Å². The molecule has 1 N–H and O–H groups in total. The van der Waals surface area contributed by atoms with Gasteiger partial charge >= 0.3 is 0 Å². The summed E-state index contributed by atoms with van der Waals surface area (Å²) in [6, 6.07) is 4.16. The lowest BCUT2D eigenvalue weighted by Crippen LogP contribution is -2.06. The monoisotopic (exact) mass is 311 g/mol. The number of nitrogens with one attached hydrogen (secondary N) is 1. The first-order valence-electron chi connectivity index (χ1n) is 5.57. The third-order valence-electron chi connectivity index (χ3n) is 2.25. The molecule has 0 saturated carbocycles. The van der Waals surface area contributed by atoms with E-state index in [0.717, 1.165) is 35.5 Å². The van der Waals surface area contributed by atoms with Crippen molar-refractivity contribution >= 4 is 33.1 Å². The standard InChI is InChI=1S/C12H14BrN3S/c1-2-5-14-12-10(13)8-15-11(16-12)7-9-4-3-6-17-9/h3-4,6,8H,2,5,7H2,1H3,(H,14,15,16). The Balaban J connectivity index is 2.13. The Kier molecular flexibility index (Phi) is 4.50. The predicted octanol–water partition coefficient (Wildman–Crippen LogP) is 3.71. The zero-order valence-corrected chi connectivity index (χ0v) is 12.0. The van der Waals surface area contributed by atoms with Crippen molar-refractivity contribution in [1.82, 2.24) is 9.97 Å². The van der Waals surface area contributed by atoms with Gasteiger partial charge in [-0.1, -0.05) is 13.0 Å². The first-order valence-corrected chi connectivity index (χ1v) is 7.24. The Bertz CT molecular complexity index is 471. The maximum Gasteiger partial charge on any atom is 0.144 e. The first kappa shape index (κ1) is 12.5. The SMILES string of the molecule is CCCNc1nc(Cc2cccs2)ncc1Br. The second-order valence-electron chi connectivity index (χ2n) is 3.67. The average Bonchev–Trinajstić information content (AvgIpc) is 2.82. The van der Waals surface area contributed by atoms with Crippen molar-refractivity contribution in [2.45, 2.75) is 19.8 Å². The Morgan fingerprint density at radius 3 is 3.06 bits per heavy atom. The first-order chi connectivity index (χ1) is 8.29. The second-order valence-corrected chi connectivity index (χ2v) is 5.55. The molecular weight excluding hydrogens is 298 g/mol. The number of rotatable bonds is 5. The highest BCUT2D eigenvalue weighted by molar-refractivity contribution is 9.10. The lowest BCUT2D eigenvalue weighted by molar-refractivity contribution is 0.931. The smallest absolute Gasteiger partial charge is 0.144 e. The van der Waals surface area contributed by atoms with Gasteiger partial charge in [0, 0.05) is 24.0 Å². The van der Waals surface area contributed by atoms with E-state index in [2.05, 4.69) is 55.7 Å². The summed E-state index contributed by atoms with van der Waals surface area (Å²) in [5.74, 6) is 1.74.